The van der Waals surface area contributed by atoms with Crippen molar-refractivity contribution in [1.82, 2.24) is 5.32 Å². The standard InChI is InChI=1S/C17H20N2O4S/c1-12-5-3-4-6-16(12)19-24(22,23)15-9-7-14(8-10-15)17(21)18-13(2)11-20/h3-10,13,19-20H,11H2,1-2H3,(H,18,21). The lowest BCUT2D eigenvalue weighted by atomic mass is 10.2. The molecule has 128 valence electrons. The van der Waals surface area contributed by atoms with Crippen molar-refractivity contribution in [3.05, 3.63) is 59.7 Å². The third-order valence-corrected chi connectivity index (χ3v) is 4.85. The summed E-state index contributed by atoms with van der Waals surface area (Å²) in [6.07, 6.45) is 0. The zero-order valence-corrected chi connectivity index (χ0v) is 14.3. The quantitative estimate of drug-likeness (QED) is 0.743. The average molecular weight is 348 g/mol. The second kappa shape index (κ2) is 7.46. The molecule has 0 spiro atoms. The molecule has 0 heterocycles. The summed E-state index contributed by atoms with van der Waals surface area (Å²) in [6.45, 7) is 3.31. The number of para-hydroxylation sites is 1. The van der Waals surface area contributed by atoms with Gasteiger partial charge in [-0.15, -0.1) is 0 Å². The number of hydrogen-bond donors (Lipinski definition) is 3. The van der Waals surface area contributed by atoms with Crippen molar-refractivity contribution in [2.24, 2.45) is 0 Å². The first-order chi connectivity index (χ1) is 11.3. The monoisotopic (exact) mass is 348 g/mol. The second-order valence-corrected chi connectivity index (χ2v) is 7.18. The molecule has 7 heteroatoms. The van der Waals surface area contributed by atoms with Gasteiger partial charge in [0, 0.05) is 11.6 Å². The molecular weight excluding hydrogens is 328 g/mol. The molecule has 2 aromatic carbocycles. The lowest BCUT2D eigenvalue weighted by Gasteiger charge is -2.12. The van der Waals surface area contributed by atoms with Gasteiger partial charge in [-0.3, -0.25) is 9.52 Å². The van der Waals surface area contributed by atoms with Gasteiger partial charge in [-0.1, -0.05) is 18.2 Å². The van der Waals surface area contributed by atoms with E-state index in [1.54, 1.807) is 19.1 Å². The van der Waals surface area contributed by atoms with Gasteiger partial charge < -0.3 is 10.4 Å². The van der Waals surface area contributed by atoms with Crippen molar-refractivity contribution in [3.8, 4) is 0 Å². The van der Waals surface area contributed by atoms with Crippen molar-refractivity contribution in [2.45, 2.75) is 24.8 Å². The smallest absolute Gasteiger partial charge is 0.261 e. The molecule has 2 rings (SSSR count). The van der Waals surface area contributed by atoms with Gasteiger partial charge in [-0.05, 0) is 49.7 Å². The van der Waals surface area contributed by atoms with Crippen LogP contribution in [0.4, 0.5) is 5.69 Å². The van der Waals surface area contributed by atoms with E-state index in [-0.39, 0.29) is 23.5 Å². The Morgan fingerprint density at radius 3 is 2.33 bits per heavy atom. The molecule has 0 bridgehead atoms. The van der Waals surface area contributed by atoms with E-state index in [0.717, 1.165) is 5.56 Å². The first-order valence-corrected chi connectivity index (χ1v) is 8.92. The Bertz CT molecular complexity index is 817. The summed E-state index contributed by atoms with van der Waals surface area (Å²) in [5, 5.41) is 11.5. The molecule has 0 saturated heterocycles. The van der Waals surface area contributed by atoms with E-state index in [2.05, 4.69) is 10.0 Å². The Hall–Kier alpha value is -2.38. The van der Waals surface area contributed by atoms with Crippen molar-refractivity contribution in [2.75, 3.05) is 11.3 Å². The summed E-state index contributed by atoms with van der Waals surface area (Å²) in [7, 11) is -3.73. The maximum atomic E-state index is 12.4. The molecule has 24 heavy (non-hydrogen) atoms. The largest absolute Gasteiger partial charge is 0.394 e. The van der Waals surface area contributed by atoms with Crippen LogP contribution in [0.3, 0.4) is 0 Å². The molecule has 0 aliphatic heterocycles. The number of rotatable bonds is 6. The van der Waals surface area contributed by atoms with Crippen LogP contribution in [0.5, 0.6) is 0 Å². The van der Waals surface area contributed by atoms with Gasteiger partial charge in [-0.25, -0.2) is 8.42 Å². The van der Waals surface area contributed by atoms with Crippen molar-refractivity contribution in [1.29, 1.82) is 0 Å². The van der Waals surface area contributed by atoms with Crippen LogP contribution >= 0.6 is 0 Å². The number of benzene rings is 2. The summed E-state index contributed by atoms with van der Waals surface area (Å²) in [5.74, 6) is -0.368. The van der Waals surface area contributed by atoms with Crippen LogP contribution in [0.1, 0.15) is 22.8 Å². The SMILES string of the molecule is Cc1ccccc1NS(=O)(=O)c1ccc(C(=O)NC(C)CO)cc1. The average Bonchev–Trinajstić information content (AvgIpc) is 2.56. The third-order valence-electron chi connectivity index (χ3n) is 3.47. The summed E-state index contributed by atoms with van der Waals surface area (Å²) < 4.78 is 27.4. The van der Waals surface area contributed by atoms with E-state index in [4.69, 9.17) is 5.11 Å². The summed E-state index contributed by atoms with van der Waals surface area (Å²) >= 11 is 0. The minimum atomic E-state index is -3.73. The van der Waals surface area contributed by atoms with Crippen molar-refractivity contribution >= 4 is 21.6 Å². The topological polar surface area (TPSA) is 95.5 Å². The lowest BCUT2D eigenvalue weighted by molar-refractivity contribution is 0.0922. The highest BCUT2D eigenvalue weighted by atomic mass is 32.2. The molecular formula is C17H20N2O4S. The molecule has 0 radical (unpaired) electrons. The first kappa shape index (κ1) is 18.0. The highest BCUT2D eigenvalue weighted by Gasteiger charge is 2.16. The molecule has 3 N–H and O–H groups in total. The fraction of sp³-hybridized carbons (Fsp3) is 0.235. The number of carbonyl (C=O) groups excluding carboxylic acids is 1. The van der Waals surface area contributed by atoms with E-state index in [9.17, 15) is 13.2 Å². The number of nitrogens with one attached hydrogen (secondary N) is 2. The zero-order chi connectivity index (χ0) is 17.7. The number of carbonyl (C=O) groups is 1. The number of hydrogen-bond acceptors (Lipinski definition) is 4. The molecule has 0 aromatic heterocycles. The molecule has 1 atom stereocenters. The predicted molar refractivity (Wildman–Crippen MR) is 92.4 cm³/mol. The van der Waals surface area contributed by atoms with Gasteiger partial charge in [0.1, 0.15) is 0 Å². The molecule has 6 nitrogen and oxygen atoms in total. The number of aryl methyl sites for hydroxylation is 1. The summed E-state index contributed by atoms with van der Waals surface area (Å²) in [6, 6.07) is 12.3. The third kappa shape index (κ3) is 4.33. The van der Waals surface area contributed by atoms with Crippen LogP contribution in [0.15, 0.2) is 53.4 Å². The number of sulfonamides is 1. The first-order valence-electron chi connectivity index (χ1n) is 7.43. The Labute approximate surface area is 141 Å². The van der Waals surface area contributed by atoms with E-state index < -0.39 is 10.0 Å². The highest BCUT2D eigenvalue weighted by Crippen LogP contribution is 2.19. The van der Waals surface area contributed by atoms with Crippen molar-refractivity contribution < 1.29 is 18.3 Å². The fourth-order valence-electron chi connectivity index (χ4n) is 2.03. The minimum absolute atomic E-state index is 0.0671. The van der Waals surface area contributed by atoms with Crippen LogP contribution in [0, 0.1) is 6.92 Å². The van der Waals surface area contributed by atoms with Crippen LogP contribution in [0.2, 0.25) is 0 Å². The Morgan fingerprint density at radius 2 is 1.75 bits per heavy atom. The van der Waals surface area contributed by atoms with Crippen LogP contribution in [-0.4, -0.2) is 32.1 Å². The zero-order valence-electron chi connectivity index (χ0n) is 13.5. The van der Waals surface area contributed by atoms with Crippen LogP contribution in [-0.2, 0) is 10.0 Å². The van der Waals surface area contributed by atoms with Crippen LogP contribution < -0.4 is 10.0 Å². The van der Waals surface area contributed by atoms with Gasteiger partial charge in [0.2, 0.25) is 0 Å². The normalized spacial score (nSPS) is 12.5. The van der Waals surface area contributed by atoms with Gasteiger partial charge in [-0.2, -0.15) is 0 Å². The fourth-order valence-corrected chi connectivity index (χ4v) is 3.16. The number of anilines is 1. The van der Waals surface area contributed by atoms with E-state index in [1.165, 1.54) is 24.3 Å². The van der Waals surface area contributed by atoms with Gasteiger partial charge >= 0.3 is 0 Å². The summed E-state index contributed by atoms with van der Waals surface area (Å²) in [5.41, 5.74) is 1.65. The molecule has 1 unspecified atom stereocenters. The Kier molecular flexibility index (Phi) is 5.58. The maximum Gasteiger partial charge on any atom is 0.261 e. The minimum Gasteiger partial charge on any atom is -0.394 e. The van der Waals surface area contributed by atoms with E-state index in [1.807, 2.05) is 19.1 Å². The van der Waals surface area contributed by atoms with Gasteiger partial charge in [0.25, 0.3) is 15.9 Å². The number of aliphatic hydroxyl groups excluding tert-OH is 1. The Balaban J connectivity index is 2.17. The molecule has 0 fully saturated rings. The molecule has 2 aromatic rings. The van der Waals surface area contributed by atoms with Gasteiger partial charge in [0.05, 0.1) is 17.2 Å². The highest BCUT2D eigenvalue weighted by molar-refractivity contribution is 7.92. The lowest BCUT2D eigenvalue weighted by Crippen LogP contribution is -2.34. The predicted octanol–water partition coefficient (Wildman–Crippen LogP) is 1.91. The molecule has 0 aliphatic carbocycles. The number of aliphatic hydroxyl groups is 1. The summed E-state index contributed by atoms with van der Waals surface area (Å²) in [4.78, 5) is 12.0. The molecule has 0 aliphatic rings. The van der Waals surface area contributed by atoms with E-state index in [0.29, 0.717) is 11.3 Å². The molecule has 0 saturated carbocycles. The molecule has 1 amide bonds. The second-order valence-electron chi connectivity index (χ2n) is 5.50. The maximum absolute atomic E-state index is 12.4. The Morgan fingerprint density at radius 1 is 1.12 bits per heavy atom. The van der Waals surface area contributed by atoms with Gasteiger partial charge in [0.15, 0.2) is 0 Å². The van der Waals surface area contributed by atoms with Crippen LogP contribution in [0.25, 0.3) is 0 Å². The van der Waals surface area contributed by atoms with Crippen molar-refractivity contribution in [3.63, 3.8) is 0 Å². The number of amides is 1. The van der Waals surface area contributed by atoms with E-state index >= 15 is 0 Å².